The topological polar surface area (TPSA) is 26.0 Å². The smallest absolute Gasteiger partial charge is 0.123 e. The molecule has 0 aliphatic rings. The van der Waals surface area contributed by atoms with E-state index in [1.807, 2.05) is 12.1 Å². The minimum Gasteiger partial charge on any atom is -0.324 e. The quantitative estimate of drug-likeness (QED) is 0.803. The fourth-order valence-corrected chi connectivity index (χ4v) is 2.43. The predicted octanol–water partition coefficient (Wildman–Crippen LogP) is 5.14. The molecule has 5 heteroatoms. The van der Waals surface area contributed by atoms with Crippen molar-refractivity contribution in [2.24, 2.45) is 5.73 Å². The Bertz CT molecular complexity index is 604. The van der Waals surface area contributed by atoms with E-state index >= 15 is 0 Å². The van der Waals surface area contributed by atoms with Crippen molar-refractivity contribution in [1.82, 2.24) is 0 Å². The van der Waals surface area contributed by atoms with Crippen LogP contribution < -0.4 is 5.73 Å². The summed E-state index contributed by atoms with van der Waals surface area (Å²) < 4.78 is 14.0. The van der Waals surface area contributed by atoms with Crippen LogP contribution in [0, 0.1) is 5.82 Å². The molecule has 2 aromatic carbocycles. The highest BCUT2D eigenvalue weighted by molar-refractivity contribution is 9.10. The fraction of sp³-hybridized carbons (Fsp3) is 0.143. The lowest BCUT2D eigenvalue weighted by Gasteiger charge is -2.14. The molecule has 0 fully saturated rings. The molecule has 0 amide bonds. The minimum atomic E-state index is -0.319. The maximum absolute atomic E-state index is 13.2. The molecule has 0 aliphatic carbocycles. The number of rotatable bonds is 3. The van der Waals surface area contributed by atoms with Crippen LogP contribution in [0.25, 0.3) is 0 Å². The van der Waals surface area contributed by atoms with E-state index in [1.165, 1.54) is 18.2 Å². The summed E-state index contributed by atoms with van der Waals surface area (Å²) in [6.45, 7) is 0. The molecule has 0 aromatic heterocycles. The summed E-state index contributed by atoms with van der Waals surface area (Å²) in [7, 11) is 0. The summed E-state index contributed by atoms with van der Waals surface area (Å²) in [6.07, 6.45) is 0.453. The van der Waals surface area contributed by atoms with Crippen molar-refractivity contribution in [3.63, 3.8) is 0 Å². The second-order valence-corrected chi connectivity index (χ2v) is 5.89. The van der Waals surface area contributed by atoms with E-state index < -0.39 is 0 Å². The van der Waals surface area contributed by atoms with Crippen LogP contribution in [0.2, 0.25) is 10.0 Å². The Kier molecular flexibility index (Phi) is 4.85. The Morgan fingerprint density at radius 3 is 2.53 bits per heavy atom. The second-order valence-electron chi connectivity index (χ2n) is 4.22. The summed E-state index contributed by atoms with van der Waals surface area (Å²) in [5.74, 6) is -0.319. The molecule has 2 aromatic rings. The second kappa shape index (κ2) is 6.23. The zero-order chi connectivity index (χ0) is 14.0. The number of halogens is 4. The molecule has 0 saturated carbocycles. The molecule has 0 spiro atoms. The lowest BCUT2D eigenvalue weighted by molar-refractivity contribution is 0.622. The van der Waals surface area contributed by atoms with Crippen molar-refractivity contribution in [1.29, 1.82) is 0 Å². The van der Waals surface area contributed by atoms with Crippen LogP contribution in [0.4, 0.5) is 4.39 Å². The molecular weight excluding hydrogens is 352 g/mol. The van der Waals surface area contributed by atoms with Crippen molar-refractivity contribution in [2.75, 3.05) is 0 Å². The first-order valence-electron chi connectivity index (χ1n) is 5.62. The van der Waals surface area contributed by atoms with Gasteiger partial charge in [0.2, 0.25) is 0 Å². The van der Waals surface area contributed by atoms with Crippen LogP contribution in [-0.2, 0) is 6.42 Å². The Balaban J connectivity index is 2.22. The fourth-order valence-electron chi connectivity index (χ4n) is 1.80. The van der Waals surface area contributed by atoms with Gasteiger partial charge in [-0.15, -0.1) is 0 Å². The monoisotopic (exact) mass is 361 g/mol. The highest BCUT2D eigenvalue weighted by Crippen LogP contribution is 2.28. The summed E-state index contributed by atoms with van der Waals surface area (Å²) in [5, 5.41) is 1.11. The van der Waals surface area contributed by atoms with E-state index in [-0.39, 0.29) is 11.9 Å². The molecule has 0 saturated heterocycles. The first-order chi connectivity index (χ1) is 8.97. The van der Waals surface area contributed by atoms with Gasteiger partial charge in [-0.05, 0) is 63.8 Å². The Hall–Kier alpha value is -0.610. The van der Waals surface area contributed by atoms with Gasteiger partial charge < -0.3 is 5.73 Å². The van der Waals surface area contributed by atoms with Gasteiger partial charge in [-0.2, -0.15) is 0 Å². The minimum absolute atomic E-state index is 0.287. The molecule has 2 N–H and O–H groups in total. The molecule has 19 heavy (non-hydrogen) atoms. The van der Waals surface area contributed by atoms with Gasteiger partial charge in [0.05, 0.1) is 5.02 Å². The molecule has 0 aliphatic heterocycles. The Morgan fingerprint density at radius 2 is 1.84 bits per heavy atom. The molecule has 1 atom stereocenters. The highest BCUT2D eigenvalue weighted by atomic mass is 79.9. The van der Waals surface area contributed by atoms with Gasteiger partial charge >= 0.3 is 0 Å². The number of hydrogen-bond donors (Lipinski definition) is 1. The molecule has 2 rings (SSSR count). The van der Waals surface area contributed by atoms with Crippen LogP contribution in [0.1, 0.15) is 17.2 Å². The van der Waals surface area contributed by atoms with E-state index in [9.17, 15) is 4.39 Å². The number of hydrogen-bond acceptors (Lipinski definition) is 1. The van der Waals surface area contributed by atoms with Crippen LogP contribution in [0.15, 0.2) is 40.9 Å². The predicted molar refractivity (Wildman–Crippen MR) is 81.2 cm³/mol. The van der Waals surface area contributed by atoms with E-state index in [0.717, 1.165) is 10.0 Å². The summed E-state index contributed by atoms with van der Waals surface area (Å²) in [5.41, 5.74) is 7.68. The van der Waals surface area contributed by atoms with Crippen LogP contribution in [0.3, 0.4) is 0 Å². The summed E-state index contributed by atoms with van der Waals surface area (Å²) in [6, 6.07) is 9.50. The standard InChI is InChI=1S/C14H11BrCl2FN/c15-11-3-1-8(6-13(11)17)14(19)7-9-5-10(18)2-4-12(9)16/h1-6,14H,7,19H2. The normalized spacial score (nSPS) is 12.5. The average Bonchev–Trinajstić information content (AvgIpc) is 2.37. The third-order valence-electron chi connectivity index (χ3n) is 2.82. The Labute approximate surface area is 129 Å². The zero-order valence-corrected chi connectivity index (χ0v) is 12.9. The largest absolute Gasteiger partial charge is 0.324 e. The van der Waals surface area contributed by atoms with Crippen molar-refractivity contribution >= 4 is 39.1 Å². The van der Waals surface area contributed by atoms with Crippen LogP contribution in [0.5, 0.6) is 0 Å². The maximum atomic E-state index is 13.2. The van der Waals surface area contributed by atoms with Crippen molar-refractivity contribution in [3.05, 3.63) is 67.9 Å². The van der Waals surface area contributed by atoms with Crippen molar-refractivity contribution < 1.29 is 4.39 Å². The summed E-state index contributed by atoms with van der Waals surface area (Å²) >= 11 is 15.4. The van der Waals surface area contributed by atoms with Crippen LogP contribution >= 0.6 is 39.1 Å². The zero-order valence-electron chi connectivity index (χ0n) is 9.84. The first-order valence-corrected chi connectivity index (χ1v) is 7.16. The van der Waals surface area contributed by atoms with E-state index in [2.05, 4.69) is 15.9 Å². The number of nitrogens with two attached hydrogens (primary N) is 1. The first kappa shape index (κ1) is 14.8. The van der Waals surface area contributed by atoms with E-state index in [1.54, 1.807) is 6.07 Å². The maximum Gasteiger partial charge on any atom is 0.123 e. The third-order valence-corrected chi connectivity index (χ3v) is 4.42. The van der Waals surface area contributed by atoms with E-state index in [0.29, 0.717) is 22.0 Å². The van der Waals surface area contributed by atoms with Gasteiger partial charge in [0, 0.05) is 15.5 Å². The molecule has 100 valence electrons. The van der Waals surface area contributed by atoms with Crippen LogP contribution in [-0.4, -0.2) is 0 Å². The van der Waals surface area contributed by atoms with Gasteiger partial charge in [-0.1, -0.05) is 29.3 Å². The molecule has 1 unspecified atom stereocenters. The van der Waals surface area contributed by atoms with Gasteiger partial charge in [0.25, 0.3) is 0 Å². The number of benzene rings is 2. The highest BCUT2D eigenvalue weighted by Gasteiger charge is 2.11. The van der Waals surface area contributed by atoms with Crippen molar-refractivity contribution in [2.45, 2.75) is 12.5 Å². The molecule has 0 heterocycles. The average molecular weight is 363 g/mol. The van der Waals surface area contributed by atoms with Gasteiger partial charge in [-0.3, -0.25) is 0 Å². The van der Waals surface area contributed by atoms with Crippen molar-refractivity contribution in [3.8, 4) is 0 Å². The lowest BCUT2D eigenvalue weighted by Crippen LogP contribution is -2.13. The molecular formula is C14H11BrCl2FN. The van der Waals surface area contributed by atoms with Gasteiger partial charge in [-0.25, -0.2) is 4.39 Å². The molecule has 1 nitrogen and oxygen atoms in total. The SMILES string of the molecule is NC(Cc1cc(F)ccc1Cl)c1ccc(Br)c(Cl)c1. The third kappa shape index (κ3) is 3.69. The molecule has 0 bridgehead atoms. The molecule has 0 radical (unpaired) electrons. The summed E-state index contributed by atoms with van der Waals surface area (Å²) in [4.78, 5) is 0. The lowest BCUT2D eigenvalue weighted by atomic mass is 9.99. The Morgan fingerprint density at radius 1 is 1.11 bits per heavy atom. The van der Waals surface area contributed by atoms with Gasteiger partial charge in [0.1, 0.15) is 5.82 Å². The van der Waals surface area contributed by atoms with Gasteiger partial charge in [0.15, 0.2) is 0 Å². The van der Waals surface area contributed by atoms with E-state index in [4.69, 9.17) is 28.9 Å².